The van der Waals surface area contributed by atoms with Crippen LogP contribution in [0, 0.1) is 0 Å². The number of amides is 1. The first-order valence-electron chi connectivity index (χ1n) is 6.49. The van der Waals surface area contributed by atoms with Gasteiger partial charge in [-0.1, -0.05) is 6.92 Å². The van der Waals surface area contributed by atoms with Crippen LogP contribution in [-0.2, 0) is 14.6 Å². The molecular weight excluding hydrogens is 284 g/mol. The van der Waals surface area contributed by atoms with Gasteiger partial charge in [-0.25, -0.2) is 8.42 Å². The van der Waals surface area contributed by atoms with Crippen LogP contribution in [0.4, 0.5) is 0 Å². The van der Waals surface area contributed by atoms with E-state index in [1.54, 1.807) is 11.8 Å². The molecule has 0 spiro atoms. The number of hydrogen-bond acceptors (Lipinski definition) is 5. The predicted molar refractivity (Wildman–Crippen MR) is 80.0 cm³/mol. The summed E-state index contributed by atoms with van der Waals surface area (Å²) in [4.78, 5) is 11.6. The van der Waals surface area contributed by atoms with Crippen LogP contribution in [0.3, 0.4) is 0 Å². The quantitative estimate of drug-likeness (QED) is 0.649. The number of hydrogen-bond donors (Lipinski definition) is 2. The summed E-state index contributed by atoms with van der Waals surface area (Å²) in [7, 11) is -2.92. The van der Waals surface area contributed by atoms with E-state index >= 15 is 0 Å². The number of carbonyl (C=O) groups excluding carboxylic acids is 1. The van der Waals surface area contributed by atoms with Gasteiger partial charge in [-0.05, 0) is 26.2 Å². The van der Waals surface area contributed by atoms with E-state index in [1.165, 1.54) is 6.26 Å². The maximum Gasteiger partial charge on any atom is 0.237 e. The third kappa shape index (κ3) is 6.63. The van der Waals surface area contributed by atoms with Gasteiger partial charge in [-0.3, -0.25) is 4.79 Å². The highest BCUT2D eigenvalue weighted by Gasteiger charge is 2.38. The summed E-state index contributed by atoms with van der Waals surface area (Å²) in [6, 6.07) is 0.408. The van der Waals surface area contributed by atoms with Gasteiger partial charge in [-0.2, -0.15) is 11.8 Å². The number of sulfone groups is 1. The number of rotatable bonds is 9. The summed E-state index contributed by atoms with van der Waals surface area (Å²) in [5, 5.41) is 3.48. The SMILES string of the molecule is CC(CC(C)(NC1CC1)C(N)=O)SCCS(C)(=O)=O. The van der Waals surface area contributed by atoms with E-state index in [1.807, 2.05) is 13.8 Å². The van der Waals surface area contributed by atoms with Crippen molar-refractivity contribution in [2.75, 3.05) is 17.8 Å². The summed E-state index contributed by atoms with van der Waals surface area (Å²) in [5.74, 6) is 0.388. The topological polar surface area (TPSA) is 89.3 Å². The van der Waals surface area contributed by atoms with Crippen molar-refractivity contribution in [3.8, 4) is 0 Å². The second-order valence-electron chi connectivity index (χ2n) is 5.63. The molecule has 1 rings (SSSR count). The molecule has 1 fully saturated rings. The van der Waals surface area contributed by atoms with Gasteiger partial charge in [0.05, 0.1) is 11.3 Å². The maximum atomic E-state index is 11.6. The Morgan fingerprint density at radius 1 is 1.53 bits per heavy atom. The molecule has 1 aliphatic rings. The average Bonchev–Trinajstić information content (AvgIpc) is 2.98. The fourth-order valence-electron chi connectivity index (χ4n) is 1.94. The lowest BCUT2D eigenvalue weighted by Crippen LogP contribution is -2.55. The minimum Gasteiger partial charge on any atom is -0.368 e. The maximum absolute atomic E-state index is 11.6. The highest BCUT2D eigenvalue weighted by Crippen LogP contribution is 2.27. The smallest absolute Gasteiger partial charge is 0.237 e. The molecule has 3 N–H and O–H groups in total. The second kappa shape index (κ2) is 6.45. The molecule has 2 unspecified atom stereocenters. The molecule has 0 aromatic heterocycles. The van der Waals surface area contributed by atoms with Crippen molar-refractivity contribution < 1.29 is 13.2 Å². The first-order valence-corrected chi connectivity index (χ1v) is 9.60. The minimum atomic E-state index is -2.92. The number of carbonyl (C=O) groups is 1. The van der Waals surface area contributed by atoms with Crippen LogP contribution in [0.2, 0.25) is 0 Å². The summed E-state index contributed by atoms with van der Waals surface area (Å²) in [6.45, 7) is 3.84. The van der Waals surface area contributed by atoms with Crippen LogP contribution in [0.25, 0.3) is 0 Å². The van der Waals surface area contributed by atoms with Crippen molar-refractivity contribution in [2.24, 2.45) is 5.73 Å². The molecule has 0 radical (unpaired) electrons. The lowest BCUT2D eigenvalue weighted by Gasteiger charge is -2.30. The third-order valence-electron chi connectivity index (χ3n) is 3.20. The van der Waals surface area contributed by atoms with Crippen LogP contribution in [0.15, 0.2) is 0 Å². The zero-order chi connectivity index (χ0) is 14.7. The summed E-state index contributed by atoms with van der Waals surface area (Å²) >= 11 is 1.57. The normalized spacial score (nSPS) is 20.8. The number of thioether (sulfide) groups is 1. The highest BCUT2D eigenvalue weighted by molar-refractivity contribution is 8.01. The first-order chi connectivity index (χ1) is 8.62. The van der Waals surface area contributed by atoms with Gasteiger partial charge in [0.1, 0.15) is 9.84 Å². The molecule has 0 saturated heterocycles. The van der Waals surface area contributed by atoms with Gasteiger partial charge in [0.25, 0.3) is 0 Å². The van der Waals surface area contributed by atoms with E-state index < -0.39 is 15.4 Å². The fraction of sp³-hybridized carbons (Fsp3) is 0.917. The van der Waals surface area contributed by atoms with E-state index in [9.17, 15) is 13.2 Å². The second-order valence-corrected chi connectivity index (χ2v) is 9.44. The van der Waals surface area contributed by atoms with Gasteiger partial charge in [0.15, 0.2) is 0 Å². The summed E-state index contributed by atoms with van der Waals surface area (Å²) in [6.07, 6.45) is 4.05. The van der Waals surface area contributed by atoms with E-state index in [0.29, 0.717) is 18.2 Å². The molecule has 5 nitrogen and oxygen atoms in total. The van der Waals surface area contributed by atoms with Crippen LogP contribution >= 0.6 is 11.8 Å². The monoisotopic (exact) mass is 308 g/mol. The van der Waals surface area contributed by atoms with Gasteiger partial charge in [-0.15, -0.1) is 0 Å². The molecular formula is C12H24N2O3S2. The molecule has 19 heavy (non-hydrogen) atoms. The zero-order valence-corrected chi connectivity index (χ0v) is 13.4. The fourth-order valence-corrected chi connectivity index (χ4v) is 4.39. The van der Waals surface area contributed by atoms with Crippen molar-refractivity contribution in [1.29, 1.82) is 0 Å². The lowest BCUT2D eigenvalue weighted by atomic mass is 9.95. The largest absolute Gasteiger partial charge is 0.368 e. The van der Waals surface area contributed by atoms with Crippen molar-refractivity contribution in [3.05, 3.63) is 0 Å². The Morgan fingerprint density at radius 3 is 2.53 bits per heavy atom. The molecule has 0 aromatic rings. The standard InChI is InChI=1S/C12H24N2O3S2/c1-9(18-6-7-19(3,16)17)8-12(2,11(13)15)14-10-4-5-10/h9-10,14H,4-8H2,1-3H3,(H2,13,15). The molecule has 2 atom stereocenters. The summed E-state index contributed by atoms with van der Waals surface area (Å²) < 4.78 is 22.1. The predicted octanol–water partition coefficient (Wildman–Crippen LogP) is 0.539. The van der Waals surface area contributed by atoms with Crippen molar-refractivity contribution in [2.45, 2.75) is 49.9 Å². The Morgan fingerprint density at radius 2 is 2.11 bits per heavy atom. The molecule has 112 valence electrons. The first kappa shape index (κ1) is 16.8. The van der Waals surface area contributed by atoms with Crippen LogP contribution in [0.5, 0.6) is 0 Å². The Hall–Kier alpha value is -0.270. The van der Waals surface area contributed by atoms with E-state index in [-0.39, 0.29) is 16.9 Å². The van der Waals surface area contributed by atoms with Gasteiger partial charge in [0.2, 0.25) is 5.91 Å². The van der Waals surface area contributed by atoms with Crippen LogP contribution in [-0.4, -0.2) is 48.9 Å². The third-order valence-corrected chi connectivity index (χ3v) is 5.58. The number of nitrogens with one attached hydrogen (secondary N) is 1. The van der Waals surface area contributed by atoms with Crippen LogP contribution < -0.4 is 11.1 Å². The minimum absolute atomic E-state index is 0.172. The van der Waals surface area contributed by atoms with Gasteiger partial charge in [0, 0.05) is 23.3 Å². The summed E-state index contributed by atoms with van der Waals surface area (Å²) in [5.41, 5.74) is 4.79. The molecule has 1 aliphatic carbocycles. The molecule has 0 heterocycles. The zero-order valence-electron chi connectivity index (χ0n) is 11.8. The molecule has 7 heteroatoms. The van der Waals surface area contributed by atoms with Gasteiger partial charge < -0.3 is 11.1 Å². The van der Waals surface area contributed by atoms with E-state index in [4.69, 9.17) is 5.73 Å². The van der Waals surface area contributed by atoms with E-state index in [0.717, 1.165) is 12.8 Å². The number of primary amides is 1. The highest BCUT2D eigenvalue weighted by atomic mass is 32.2. The van der Waals surface area contributed by atoms with Crippen molar-refractivity contribution in [3.63, 3.8) is 0 Å². The number of nitrogens with two attached hydrogens (primary N) is 1. The molecule has 0 bridgehead atoms. The van der Waals surface area contributed by atoms with Crippen LogP contribution in [0.1, 0.15) is 33.1 Å². The van der Waals surface area contributed by atoms with Crippen molar-refractivity contribution >= 4 is 27.5 Å². The average molecular weight is 308 g/mol. The lowest BCUT2D eigenvalue weighted by molar-refractivity contribution is -0.124. The molecule has 0 aliphatic heterocycles. The molecule has 1 saturated carbocycles. The Balaban J connectivity index is 2.42. The Bertz CT molecular complexity index is 421. The van der Waals surface area contributed by atoms with Crippen molar-refractivity contribution in [1.82, 2.24) is 5.32 Å². The Kier molecular flexibility index (Phi) is 5.70. The molecule has 0 aromatic carbocycles. The Labute approximate surface area is 120 Å². The van der Waals surface area contributed by atoms with E-state index in [2.05, 4.69) is 5.32 Å². The van der Waals surface area contributed by atoms with Gasteiger partial charge >= 0.3 is 0 Å². The molecule has 1 amide bonds.